The summed E-state index contributed by atoms with van der Waals surface area (Å²) in [5.74, 6) is 0. The molecular weight excluding hydrogens is 356 g/mol. The summed E-state index contributed by atoms with van der Waals surface area (Å²) in [6.07, 6.45) is 8.11. The molecule has 2 aliphatic heterocycles. The van der Waals surface area contributed by atoms with Crippen LogP contribution in [0.15, 0.2) is 39.2 Å². The smallest absolute Gasteiger partial charge is 0.0110 e. The monoisotopic (exact) mass is 386 g/mol. The van der Waals surface area contributed by atoms with Gasteiger partial charge in [0.2, 0.25) is 0 Å². The van der Waals surface area contributed by atoms with Crippen LogP contribution in [0.5, 0.6) is 0 Å². The zero-order valence-electron chi connectivity index (χ0n) is 15.7. The summed E-state index contributed by atoms with van der Waals surface area (Å²) in [6.45, 7) is 7.60. The number of nitrogens with zero attached hydrogens (tertiary/aromatic N) is 2. The van der Waals surface area contributed by atoms with Gasteiger partial charge in [0.05, 0.1) is 0 Å². The van der Waals surface area contributed by atoms with Crippen LogP contribution in [0, 0.1) is 0 Å². The van der Waals surface area contributed by atoms with E-state index >= 15 is 0 Å². The van der Waals surface area contributed by atoms with E-state index in [0.717, 1.165) is 0 Å². The van der Waals surface area contributed by atoms with Gasteiger partial charge in [-0.3, -0.25) is 0 Å². The Morgan fingerprint density at radius 3 is 1.77 bits per heavy atom. The minimum atomic E-state index is 1.22. The van der Waals surface area contributed by atoms with Crippen molar-refractivity contribution in [3.8, 4) is 0 Å². The lowest BCUT2D eigenvalue weighted by atomic mass is 9.91. The van der Waals surface area contributed by atoms with E-state index in [9.17, 15) is 0 Å². The van der Waals surface area contributed by atoms with E-state index in [1.165, 1.54) is 94.5 Å². The molecule has 0 atom stereocenters. The Hall–Kier alpha value is -0.940. The van der Waals surface area contributed by atoms with Crippen molar-refractivity contribution in [3.63, 3.8) is 0 Å². The van der Waals surface area contributed by atoms with Crippen LogP contribution in [0.2, 0.25) is 0 Å². The highest BCUT2D eigenvalue weighted by atomic mass is 32.1. The first kappa shape index (κ1) is 18.4. The highest BCUT2D eigenvalue weighted by molar-refractivity contribution is 7.08. The van der Waals surface area contributed by atoms with Crippen molar-refractivity contribution < 1.29 is 0 Å². The highest BCUT2D eigenvalue weighted by Gasteiger charge is 2.20. The number of piperidine rings is 1. The van der Waals surface area contributed by atoms with E-state index < -0.39 is 0 Å². The molecule has 0 unspecified atom stereocenters. The van der Waals surface area contributed by atoms with E-state index in [2.05, 4.69) is 43.5 Å². The lowest BCUT2D eigenvalue weighted by molar-refractivity contribution is 0.199. The molecule has 140 valence electrons. The van der Waals surface area contributed by atoms with Gasteiger partial charge in [0.25, 0.3) is 0 Å². The van der Waals surface area contributed by atoms with Gasteiger partial charge in [-0.05, 0) is 89.1 Å². The van der Waals surface area contributed by atoms with Gasteiger partial charge in [-0.2, -0.15) is 22.7 Å². The van der Waals surface area contributed by atoms with Gasteiger partial charge in [0, 0.05) is 26.2 Å². The lowest BCUT2D eigenvalue weighted by Gasteiger charge is -2.32. The van der Waals surface area contributed by atoms with Gasteiger partial charge in [0.1, 0.15) is 0 Å². The molecule has 2 saturated heterocycles. The third kappa shape index (κ3) is 4.66. The molecule has 2 aromatic heterocycles. The topological polar surface area (TPSA) is 6.48 Å². The molecule has 4 heterocycles. The molecule has 2 fully saturated rings. The van der Waals surface area contributed by atoms with E-state index in [1.807, 2.05) is 22.7 Å². The third-order valence-corrected chi connectivity index (χ3v) is 7.23. The number of rotatable bonds is 5. The molecule has 2 nitrogen and oxygen atoms in total. The van der Waals surface area contributed by atoms with Crippen LogP contribution in [0.4, 0.5) is 0 Å². The molecule has 2 aliphatic rings. The van der Waals surface area contributed by atoms with Crippen molar-refractivity contribution >= 4 is 28.2 Å². The van der Waals surface area contributed by atoms with Crippen molar-refractivity contribution in [2.75, 3.05) is 39.3 Å². The number of likely N-dealkylation sites (tertiary alicyclic amines) is 2. The van der Waals surface area contributed by atoms with Crippen LogP contribution in [0.1, 0.15) is 49.7 Å². The predicted molar refractivity (Wildman–Crippen MR) is 115 cm³/mol. The van der Waals surface area contributed by atoms with E-state index in [1.54, 1.807) is 5.57 Å². The number of hydrogen-bond donors (Lipinski definition) is 0. The second-order valence-corrected chi connectivity index (χ2v) is 9.16. The standard InChI is InChI=1S/C22H30N2S2/c1-2-4-10-23(9-3-1)13-14-24-11-5-19(6-12-24)22(20-7-15-25-17-20)21-8-16-26-18-21/h7-8,15-18H,1-6,9-14H2. The summed E-state index contributed by atoms with van der Waals surface area (Å²) in [6, 6.07) is 4.58. The second-order valence-electron chi connectivity index (χ2n) is 7.60. The third-order valence-electron chi connectivity index (χ3n) is 5.86. The zero-order valence-corrected chi connectivity index (χ0v) is 17.3. The number of hydrogen-bond acceptors (Lipinski definition) is 4. The molecule has 0 N–H and O–H groups in total. The van der Waals surface area contributed by atoms with Gasteiger partial charge < -0.3 is 9.80 Å². The van der Waals surface area contributed by atoms with Crippen molar-refractivity contribution in [2.45, 2.75) is 38.5 Å². The predicted octanol–water partition coefficient (Wildman–Crippen LogP) is 5.58. The molecule has 0 bridgehead atoms. The van der Waals surface area contributed by atoms with E-state index in [-0.39, 0.29) is 0 Å². The average Bonchev–Trinajstić information content (AvgIpc) is 3.33. The first-order valence-electron chi connectivity index (χ1n) is 10.1. The molecule has 2 aromatic rings. The molecule has 0 aliphatic carbocycles. The fraction of sp³-hybridized carbons (Fsp3) is 0.545. The Labute approximate surface area is 166 Å². The average molecular weight is 387 g/mol. The minimum Gasteiger partial charge on any atom is -0.302 e. The summed E-state index contributed by atoms with van der Waals surface area (Å²) in [7, 11) is 0. The highest BCUT2D eigenvalue weighted by Crippen LogP contribution is 2.34. The molecule has 0 aromatic carbocycles. The van der Waals surface area contributed by atoms with Crippen LogP contribution in [-0.4, -0.2) is 49.1 Å². The van der Waals surface area contributed by atoms with E-state index in [0.29, 0.717) is 0 Å². The van der Waals surface area contributed by atoms with Gasteiger partial charge in [-0.15, -0.1) is 0 Å². The fourth-order valence-electron chi connectivity index (χ4n) is 4.33. The minimum absolute atomic E-state index is 1.22. The van der Waals surface area contributed by atoms with Gasteiger partial charge >= 0.3 is 0 Å². The summed E-state index contributed by atoms with van der Waals surface area (Å²) in [5, 5.41) is 9.04. The maximum Gasteiger partial charge on any atom is 0.0110 e. The maximum absolute atomic E-state index is 2.69. The molecule has 4 heteroatoms. The van der Waals surface area contributed by atoms with Crippen molar-refractivity contribution in [2.24, 2.45) is 0 Å². The molecular formula is C22H30N2S2. The fourth-order valence-corrected chi connectivity index (χ4v) is 5.62. The Morgan fingerprint density at radius 1 is 0.731 bits per heavy atom. The maximum atomic E-state index is 2.69. The van der Waals surface area contributed by atoms with Gasteiger partial charge in [0.15, 0.2) is 0 Å². The molecule has 4 rings (SSSR count). The summed E-state index contributed by atoms with van der Waals surface area (Å²) in [5.41, 5.74) is 6.01. The molecule has 0 radical (unpaired) electrons. The Bertz CT molecular complexity index is 634. The molecule has 0 amide bonds. The molecule has 0 spiro atoms. The van der Waals surface area contributed by atoms with Crippen LogP contribution in [-0.2, 0) is 0 Å². The molecule has 0 saturated carbocycles. The second kappa shape index (κ2) is 9.32. The lowest BCUT2D eigenvalue weighted by Crippen LogP contribution is -2.38. The van der Waals surface area contributed by atoms with Gasteiger partial charge in [-0.1, -0.05) is 18.4 Å². The summed E-state index contributed by atoms with van der Waals surface area (Å²) >= 11 is 3.62. The summed E-state index contributed by atoms with van der Waals surface area (Å²) in [4.78, 5) is 5.38. The van der Waals surface area contributed by atoms with Crippen molar-refractivity contribution in [1.29, 1.82) is 0 Å². The van der Waals surface area contributed by atoms with Crippen LogP contribution >= 0.6 is 22.7 Å². The van der Waals surface area contributed by atoms with Crippen LogP contribution < -0.4 is 0 Å². The van der Waals surface area contributed by atoms with E-state index in [4.69, 9.17) is 0 Å². The van der Waals surface area contributed by atoms with Crippen LogP contribution in [0.25, 0.3) is 5.57 Å². The first-order chi connectivity index (χ1) is 12.9. The first-order valence-corrected chi connectivity index (χ1v) is 12.0. The van der Waals surface area contributed by atoms with Gasteiger partial charge in [-0.25, -0.2) is 0 Å². The number of thiophene rings is 2. The normalized spacial score (nSPS) is 20.2. The zero-order chi connectivity index (χ0) is 17.6. The largest absolute Gasteiger partial charge is 0.302 e. The summed E-state index contributed by atoms with van der Waals surface area (Å²) < 4.78 is 0. The Kier molecular flexibility index (Phi) is 6.60. The SMILES string of the molecule is c1cc(C(=C2CCN(CCN3CCCCCC3)CC2)c2ccsc2)cs1. The van der Waals surface area contributed by atoms with Crippen LogP contribution in [0.3, 0.4) is 0 Å². The molecule has 26 heavy (non-hydrogen) atoms. The van der Waals surface area contributed by atoms with Crippen molar-refractivity contribution in [1.82, 2.24) is 9.80 Å². The Morgan fingerprint density at radius 2 is 1.27 bits per heavy atom. The Balaban J connectivity index is 1.37. The van der Waals surface area contributed by atoms with Crippen molar-refractivity contribution in [3.05, 3.63) is 50.4 Å². The quantitative estimate of drug-likeness (QED) is 0.661.